The van der Waals surface area contributed by atoms with Gasteiger partial charge in [-0.2, -0.15) is 18.3 Å². The van der Waals surface area contributed by atoms with E-state index in [2.05, 4.69) is 5.10 Å². The molecule has 2 aliphatic carbocycles. The van der Waals surface area contributed by atoms with Crippen LogP contribution in [0.5, 0.6) is 0 Å². The van der Waals surface area contributed by atoms with Gasteiger partial charge < -0.3 is 14.7 Å². The maximum absolute atomic E-state index is 14.5. The second-order valence-corrected chi connectivity index (χ2v) is 12.3. The summed E-state index contributed by atoms with van der Waals surface area (Å²) in [5, 5.41) is 15.4. The van der Waals surface area contributed by atoms with E-state index in [0.717, 1.165) is 23.7 Å². The van der Waals surface area contributed by atoms with Gasteiger partial charge in [0.2, 0.25) is 0 Å². The van der Waals surface area contributed by atoms with Gasteiger partial charge in [0.05, 0.1) is 42.5 Å². The van der Waals surface area contributed by atoms with Gasteiger partial charge in [0.25, 0.3) is 5.91 Å². The van der Waals surface area contributed by atoms with Gasteiger partial charge in [0.1, 0.15) is 0 Å². The third-order valence-corrected chi connectivity index (χ3v) is 8.82. The molecule has 0 bridgehead atoms. The Morgan fingerprint density at radius 2 is 1.77 bits per heavy atom. The van der Waals surface area contributed by atoms with E-state index in [4.69, 9.17) is 27.9 Å². The van der Waals surface area contributed by atoms with Crippen LogP contribution in [0.15, 0.2) is 24.4 Å². The van der Waals surface area contributed by atoms with Crippen molar-refractivity contribution in [1.29, 1.82) is 0 Å². The summed E-state index contributed by atoms with van der Waals surface area (Å²) < 4.78 is 49.5. The fourth-order valence-corrected chi connectivity index (χ4v) is 6.07. The zero-order valence-corrected chi connectivity index (χ0v) is 24.2. The highest BCUT2D eigenvalue weighted by atomic mass is 35.5. The number of carbonyl (C=O) groups is 2. The molecule has 1 heterocycles. The lowest BCUT2D eigenvalue weighted by Gasteiger charge is -2.36. The van der Waals surface area contributed by atoms with Crippen LogP contribution in [0.4, 0.5) is 13.2 Å². The molecule has 2 aromatic rings. The molecular formula is C28H34Cl2F3N3O4. The van der Waals surface area contributed by atoms with Gasteiger partial charge in [-0.1, -0.05) is 36.2 Å². The van der Waals surface area contributed by atoms with Crippen molar-refractivity contribution in [3.8, 4) is 0 Å². The molecule has 0 aliphatic heterocycles. The number of hydrogen-bond donors (Lipinski definition) is 1. The standard InChI is InChI=1S/C28H34Cl2F3N3O4/c1-4-40-25(39)27(3)10-8-17(9-11-27)36-23(28(31,32)33)18(14-34-36)24(38)35(16-26(2)12-13-26)15-21(37)22-19(29)6-5-7-20(22)30/h5-7,14,17,21,37H,4,8-13,15-16H2,1-3H3. The van der Waals surface area contributed by atoms with E-state index in [1.165, 1.54) is 4.90 Å². The summed E-state index contributed by atoms with van der Waals surface area (Å²) in [6, 6.07) is 4.06. The van der Waals surface area contributed by atoms with Crippen LogP contribution in [-0.2, 0) is 15.7 Å². The number of hydrogen-bond acceptors (Lipinski definition) is 5. The fraction of sp³-hybridized carbons (Fsp3) is 0.607. The van der Waals surface area contributed by atoms with E-state index in [9.17, 15) is 27.9 Å². The van der Waals surface area contributed by atoms with Crippen molar-refractivity contribution >= 4 is 35.1 Å². The summed E-state index contributed by atoms with van der Waals surface area (Å²) in [4.78, 5) is 27.4. The first kappa shape index (κ1) is 30.7. The molecule has 2 fully saturated rings. The first-order chi connectivity index (χ1) is 18.7. The Morgan fingerprint density at radius 1 is 1.18 bits per heavy atom. The topological polar surface area (TPSA) is 84.7 Å². The number of alkyl halides is 3. The van der Waals surface area contributed by atoms with Gasteiger partial charge >= 0.3 is 12.1 Å². The summed E-state index contributed by atoms with van der Waals surface area (Å²) >= 11 is 12.5. The summed E-state index contributed by atoms with van der Waals surface area (Å²) in [5.41, 5.74) is -2.52. The first-order valence-corrected chi connectivity index (χ1v) is 14.2. The van der Waals surface area contributed by atoms with Crippen LogP contribution in [0.1, 0.15) is 93.1 Å². The molecule has 1 unspecified atom stereocenters. The number of nitrogens with zero attached hydrogens (tertiary/aromatic N) is 3. The Morgan fingerprint density at radius 3 is 2.30 bits per heavy atom. The van der Waals surface area contributed by atoms with Crippen LogP contribution in [0.25, 0.3) is 0 Å². The highest BCUT2D eigenvalue weighted by molar-refractivity contribution is 6.36. The number of ether oxygens (including phenoxy) is 1. The number of rotatable bonds is 9. The molecule has 40 heavy (non-hydrogen) atoms. The van der Waals surface area contributed by atoms with Gasteiger partial charge in [-0.3, -0.25) is 14.3 Å². The quantitative estimate of drug-likeness (QED) is 0.316. The van der Waals surface area contributed by atoms with Gasteiger partial charge in [0.15, 0.2) is 5.69 Å². The normalized spacial score (nSPS) is 23.0. The van der Waals surface area contributed by atoms with E-state index in [1.54, 1.807) is 32.0 Å². The van der Waals surface area contributed by atoms with Crippen molar-refractivity contribution in [2.75, 3.05) is 19.7 Å². The lowest BCUT2D eigenvalue weighted by atomic mass is 9.74. The molecule has 1 aromatic carbocycles. The minimum atomic E-state index is -4.86. The van der Waals surface area contributed by atoms with Gasteiger partial charge in [-0.15, -0.1) is 0 Å². The van der Waals surface area contributed by atoms with Crippen LogP contribution in [-0.4, -0.2) is 51.4 Å². The van der Waals surface area contributed by atoms with E-state index < -0.39 is 40.9 Å². The van der Waals surface area contributed by atoms with Crippen molar-refractivity contribution in [2.24, 2.45) is 10.8 Å². The van der Waals surface area contributed by atoms with Gasteiger partial charge in [0, 0.05) is 22.2 Å². The third kappa shape index (κ3) is 6.44. The average molecular weight is 604 g/mol. The predicted octanol–water partition coefficient (Wildman–Crippen LogP) is 6.87. The highest BCUT2D eigenvalue weighted by Gasteiger charge is 2.47. The summed E-state index contributed by atoms with van der Waals surface area (Å²) in [6.07, 6.45) is -2.35. The lowest BCUT2D eigenvalue weighted by molar-refractivity contribution is -0.157. The van der Waals surface area contributed by atoms with Crippen LogP contribution in [0, 0.1) is 10.8 Å². The smallest absolute Gasteiger partial charge is 0.433 e. The van der Waals surface area contributed by atoms with Crippen molar-refractivity contribution < 1.29 is 32.6 Å². The fourth-order valence-electron chi connectivity index (χ4n) is 5.42. The van der Waals surface area contributed by atoms with E-state index in [1.807, 2.05) is 6.92 Å². The molecule has 0 radical (unpaired) electrons. The SMILES string of the molecule is CCOC(=O)C1(C)CCC(n2ncc(C(=O)N(CC(O)c3c(Cl)cccc3Cl)CC3(C)CC3)c2C(F)(F)F)CC1. The van der Waals surface area contributed by atoms with E-state index in [-0.39, 0.29) is 59.5 Å². The maximum Gasteiger partial charge on any atom is 0.433 e. The molecule has 4 rings (SSSR count). The second-order valence-electron chi connectivity index (χ2n) is 11.5. The molecule has 2 saturated carbocycles. The Hall–Kier alpha value is -2.30. The van der Waals surface area contributed by atoms with Gasteiger partial charge in [-0.05, 0) is 69.9 Å². The minimum absolute atomic E-state index is 0.161. The number of benzene rings is 1. The Labute approximate surface area is 241 Å². The molecule has 7 nitrogen and oxygen atoms in total. The lowest BCUT2D eigenvalue weighted by Crippen LogP contribution is -2.39. The van der Waals surface area contributed by atoms with E-state index >= 15 is 0 Å². The Balaban J connectivity index is 1.62. The van der Waals surface area contributed by atoms with Gasteiger partial charge in [-0.25, -0.2) is 0 Å². The summed E-state index contributed by atoms with van der Waals surface area (Å²) in [7, 11) is 0. The molecule has 2 aliphatic rings. The van der Waals surface area contributed by atoms with Crippen molar-refractivity contribution in [3.63, 3.8) is 0 Å². The number of amides is 1. The molecule has 1 aromatic heterocycles. The van der Waals surface area contributed by atoms with Crippen LogP contribution in [0.2, 0.25) is 10.0 Å². The first-order valence-electron chi connectivity index (χ1n) is 13.4. The Bertz CT molecular complexity index is 1230. The van der Waals surface area contributed by atoms with Crippen LogP contribution < -0.4 is 0 Å². The molecule has 0 saturated heterocycles. The van der Waals surface area contributed by atoms with E-state index in [0.29, 0.717) is 12.8 Å². The largest absolute Gasteiger partial charge is 0.466 e. The molecule has 1 N–H and O–H groups in total. The second kappa shape index (κ2) is 11.5. The number of halogens is 5. The van der Waals surface area contributed by atoms with Crippen molar-refractivity contribution in [1.82, 2.24) is 14.7 Å². The Kier molecular flexibility index (Phi) is 8.83. The third-order valence-electron chi connectivity index (χ3n) is 8.16. The van der Waals surface area contributed by atoms with Crippen LogP contribution >= 0.6 is 23.2 Å². The van der Waals surface area contributed by atoms with Crippen LogP contribution in [0.3, 0.4) is 0 Å². The monoisotopic (exact) mass is 603 g/mol. The number of aliphatic hydroxyl groups is 1. The van der Waals surface area contributed by atoms with Crippen molar-refractivity contribution in [2.45, 2.75) is 77.6 Å². The molecular weight excluding hydrogens is 570 g/mol. The minimum Gasteiger partial charge on any atom is -0.466 e. The maximum atomic E-state index is 14.5. The molecule has 12 heteroatoms. The average Bonchev–Trinajstić information content (AvgIpc) is 3.42. The number of esters is 1. The summed E-state index contributed by atoms with van der Waals surface area (Å²) in [5.74, 6) is -1.23. The zero-order chi connectivity index (χ0) is 29.5. The zero-order valence-electron chi connectivity index (χ0n) is 22.7. The number of aromatic nitrogens is 2. The number of carbonyl (C=O) groups excluding carboxylic acids is 2. The molecule has 1 atom stereocenters. The molecule has 220 valence electrons. The predicted molar refractivity (Wildman–Crippen MR) is 144 cm³/mol. The molecule has 1 amide bonds. The van der Waals surface area contributed by atoms with Crippen molar-refractivity contribution in [3.05, 3.63) is 51.3 Å². The molecule has 0 spiro atoms. The summed E-state index contributed by atoms with van der Waals surface area (Å²) in [6.45, 7) is 5.51. The highest BCUT2D eigenvalue weighted by Crippen LogP contribution is 2.47. The number of aliphatic hydroxyl groups excluding tert-OH is 1.